The molecule has 168 valence electrons. The zero-order chi connectivity index (χ0) is 23.3. The average molecular weight is 460 g/mol. The minimum atomic E-state index is -3.79. The maximum absolute atomic E-state index is 13.3. The second kappa shape index (κ2) is 9.99. The summed E-state index contributed by atoms with van der Waals surface area (Å²) < 4.78 is 27.5. The number of rotatable bonds is 6. The lowest BCUT2D eigenvalue weighted by Crippen LogP contribution is -2.50. The SMILES string of the molecule is N#Cc1ccccc1S(=O)(=O)N1CCN(C(=O)c2ccccc2CCc2ccccc2)CC1. The van der Waals surface area contributed by atoms with E-state index in [1.54, 1.807) is 17.0 Å². The van der Waals surface area contributed by atoms with Crippen LogP contribution >= 0.6 is 0 Å². The lowest BCUT2D eigenvalue weighted by Gasteiger charge is -2.34. The molecule has 0 bridgehead atoms. The first-order valence-electron chi connectivity index (χ1n) is 10.9. The van der Waals surface area contributed by atoms with Gasteiger partial charge >= 0.3 is 0 Å². The van der Waals surface area contributed by atoms with Gasteiger partial charge in [-0.3, -0.25) is 4.79 Å². The summed E-state index contributed by atoms with van der Waals surface area (Å²) in [5.41, 5.74) is 3.00. The van der Waals surface area contributed by atoms with Crippen molar-refractivity contribution in [2.24, 2.45) is 0 Å². The Morgan fingerprint density at radius 2 is 1.45 bits per heavy atom. The molecule has 6 nitrogen and oxygen atoms in total. The first-order valence-corrected chi connectivity index (χ1v) is 12.3. The van der Waals surface area contributed by atoms with Crippen LogP contribution in [0.15, 0.2) is 83.8 Å². The van der Waals surface area contributed by atoms with E-state index >= 15 is 0 Å². The Morgan fingerprint density at radius 3 is 2.18 bits per heavy atom. The largest absolute Gasteiger partial charge is 0.336 e. The quantitative estimate of drug-likeness (QED) is 0.565. The molecule has 0 spiro atoms. The van der Waals surface area contributed by atoms with Crippen molar-refractivity contribution in [2.45, 2.75) is 17.7 Å². The molecule has 1 aliphatic heterocycles. The summed E-state index contributed by atoms with van der Waals surface area (Å²) in [4.78, 5) is 15.0. The number of hydrogen-bond donors (Lipinski definition) is 0. The average Bonchev–Trinajstić information content (AvgIpc) is 2.88. The van der Waals surface area contributed by atoms with Crippen molar-refractivity contribution in [2.75, 3.05) is 26.2 Å². The zero-order valence-corrected chi connectivity index (χ0v) is 19.0. The van der Waals surface area contributed by atoms with Gasteiger partial charge in [0.25, 0.3) is 5.91 Å². The van der Waals surface area contributed by atoms with Crippen molar-refractivity contribution in [1.82, 2.24) is 9.21 Å². The van der Waals surface area contributed by atoms with E-state index in [1.165, 1.54) is 22.0 Å². The molecule has 1 heterocycles. The summed E-state index contributed by atoms with van der Waals surface area (Å²) in [6, 6.07) is 25.9. The Kier molecular flexibility index (Phi) is 6.87. The van der Waals surface area contributed by atoms with Crippen molar-refractivity contribution < 1.29 is 13.2 Å². The fourth-order valence-electron chi connectivity index (χ4n) is 4.10. The number of piperazine rings is 1. The Balaban J connectivity index is 1.44. The number of nitriles is 1. The van der Waals surface area contributed by atoms with Gasteiger partial charge in [0, 0.05) is 31.7 Å². The van der Waals surface area contributed by atoms with Crippen LogP contribution < -0.4 is 0 Å². The van der Waals surface area contributed by atoms with E-state index in [-0.39, 0.29) is 29.5 Å². The maximum Gasteiger partial charge on any atom is 0.254 e. The second-order valence-corrected chi connectivity index (χ2v) is 9.85. The lowest BCUT2D eigenvalue weighted by atomic mass is 9.99. The van der Waals surface area contributed by atoms with Crippen molar-refractivity contribution in [3.05, 3.63) is 101 Å². The van der Waals surface area contributed by atoms with Crippen LogP contribution in [0, 0.1) is 11.3 Å². The summed E-state index contributed by atoms with van der Waals surface area (Å²) >= 11 is 0. The van der Waals surface area contributed by atoms with E-state index in [4.69, 9.17) is 0 Å². The third kappa shape index (κ3) is 4.98. The molecule has 0 atom stereocenters. The van der Waals surface area contributed by atoms with Gasteiger partial charge in [-0.2, -0.15) is 9.57 Å². The third-order valence-corrected chi connectivity index (χ3v) is 7.88. The van der Waals surface area contributed by atoms with Gasteiger partial charge in [0.1, 0.15) is 6.07 Å². The van der Waals surface area contributed by atoms with Crippen molar-refractivity contribution in [3.63, 3.8) is 0 Å². The van der Waals surface area contributed by atoms with Gasteiger partial charge in [0.15, 0.2) is 0 Å². The summed E-state index contributed by atoms with van der Waals surface area (Å²) in [5.74, 6) is -0.0758. The van der Waals surface area contributed by atoms with Crippen LogP contribution in [0.3, 0.4) is 0 Å². The fraction of sp³-hybridized carbons (Fsp3) is 0.231. The molecule has 1 amide bonds. The smallest absolute Gasteiger partial charge is 0.254 e. The number of carbonyl (C=O) groups excluding carboxylic acids is 1. The molecular weight excluding hydrogens is 434 g/mol. The molecule has 0 saturated carbocycles. The molecule has 0 aliphatic carbocycles. The van der Waals surface area contributed by atoms with Gasteiger partial charge < -0.3 is 4.90 Å². The highest BCUT2D eigenvalue weighted by atomic mass is 32.2. The van der Waals surface area contributed by atoms with Crippen LogP contribution in [0.5, 0.6) is 0 Å². The zero-order valence-electron chi connectivity index (χ0n) is 18.2. The molecule has 0 N–H and O–H groups in total. The molecule has 4 rings (SSSR count). The Labute approximate surface area is 194 Å². The fourth-order valence-corrected chi connectivity index (χ4v) is 5.66. The van der Waals surface area contributed by atoms with Crippen LogP contribution in [0.2, 0.25) is 0 Å². The van der Waals surface area contributed by atoms with Gasteiger partial charge in [-0.1, -0.05) is 60.7 Å². The molecule has 1 fully saturated rings. The highest BCUT2D eigenvalue weighted by Crippen LogP contribution is 2.22. The highest BCUT2D eigenvalue weighted by Gasteiger charge is 2.32. The van der Waals surface area contributed by atoms with E-state index < -0.39 is 10.0 Å². The van der Waals surface area contributed by atoms with Gasteiger partial charge in [-0.05, 0) is 42.2 Å². The van der Waals surface area contributed by atoms with Crippen LogP contribution in [0.25, 0.3) is 0 Å². The van der Waals surface area contributed by atoms with Crippen LogP contribution in [0.1, 0.15) is 27.0 Å². The van der Waals surface area contributed by atoms with Crippen molar-refractivity contribution >= 4 is 15.9 Å². The van der Waals surface area contributed by atoms with Crippen LogP contribution in [-0.2, 0) is 22.9 Å². The molecule has 0 aromatic heterocycles. The van der Waals surface area contributed by atoms with Gasteiger partial charge in [-0.15, -0.1) is 0 Å². The third-order valence-electron chi connectivity index (χ3n) is 5.92. The molecule has 3 aromatic carbocycles. The monoisotopic (exact) mass is 459 g/mol. The molecule has 7 heteroatoms. The van der Waals surface area contributed by atoms with Gasteiger partial charge in [0.2, 0.25) is 10.0 Å². The number of benzene rings is 3. The van der Waals surface area contributed by atoms with E-state index in [2.05, 4.69) is 12.1 Å². The minimum Gasteiger partial charge on any atom is -0.336 e. The summed E-state index contributed by atoms with van der Waals surface area (Å²) in [7, 11) is -3.79. The van der Waals surface area contributed by atoms with Crippen molar-refractivity contribution in [1.29, 1.82) is 5.26 Å². The molecular formula is C26H25N3O3S. The standard InChI is InChI=1S/C26H25N3O3S/c27-20-23-11-5-7-13-25(23)33(31,32)29-18-16-28(17-19-29)26(30)24-12-6-4-10-22(24)15-14-21-8-2-1-3-9-21/h1-13H,14-19H2. The summed E-state index contributed by atoms with van der Waals surface area (Å²) in [6.45, 7) is 1.000. The second-order valence-electron chi connectivity index (χ2n) is 7.95. The summed E-state index contributed by atoms with van der Waals surface area (Å²) in [6.07, 6.45) is 1.60. The highest BCUT2D eigenvalue weighted by molar-refractivity contribution is 7.89. The molecule has 0 radical (unpaired) electrons. The molecule has 33 heavy (non-hydrogen) atoms. The Bertz CT molecular complexity index is 1280. The van der Waals surface area contributed by atoms with E-state index in [1.807, 2.05) is 48.5 Å². The number of aryl methyl sites for hydroxylation is 2. The van der Waals surface area contributed by atoms with E-state index in [9.17, 15) is 18.5 Å². The van der Waals surface area contributed by atoms with E-state index in [0.717, 1.165) is 18.4 Å². The molecule has 3 aromatic rings. The topological polar surface area (TPSA) is 81.5 Å². The number of amides is 1. The summed E-state index contributed by atoms with van der Waals surface area (Å²) in [5, 5.41) is 9.28. The molecule has 1 saturated heterocycles. The van der Waals surface area contributed by atoms with Crippen molar-refractivity contribution in [3.8, 4) is 6.07 Å². The van der Waals surface area contributed by atoms with E-state index in [0.29, 0.717) is 18.7 Å². The number of carbonyl (C=O) groups is 1. The van der Waals surface area contributed by atoms with Crippen LogP contribution in [0.4, 0.5) is 0 Å². The minimum absolute atomic E-state index is 0.0125. The van der Waals surface area contributed by atoms with Gasteiger partial charge in [-0.25, -0.2) is 8.42 Å². The first kappa shape index (κ1) is 22.7. The lowest BCUT2D eigenvalue weighted by molar-refractivity contribution is 0.0696. The predicted molar refractivity (Wildman–Crippen MR) is 126 cm³/mol. The predicted octanol–water partition coefficient (Wildman–Crippen LogP) is 3.49. The Hall–Kier alpha value is -3.47. The normalized spacial score (nSPS) is 14.6. The maximum atomic E-state index is 13.3. The molecule has 1 aliphatic rings. The first-order chi connectivity index (χ1) is 16.0. The van der Waals surface area contributed by atoms with Gasteiger partial charge in [0.05, 0.1) is 10.5 Å². The molecule has 0 unspecified atom stereocenters. The van der Waals surface area contributed by atoms with Crippen LogP contribution in [-0.4, -0.2) is 49.7 Å². The number of sulfonamides is 1. The Morgan fingerprint density at radius 1 is 0.818 bits per heavy atom. The number of nitrogens with zero attached hydrogens (tertiary/aromatic N) is 3. The number of hydrogen-bond acceptors (Lipinski definition) is 4.